The third kappa shape index (κ3) is 5.32. The normalized spacial score (nSPS) is 14.9. The smallest absolute Gasteiger partial charge is 0.293 e. The number of thioether (sulfide) groups is 1. The number of carbonyl (C=O) groups is 4. The van der Waals surface area contributed by atoms with E-state index in [2.05, 4.69) is 10.6 Å². The number of benzene rings is 2. The molecule has 1 aliphatic heterocycles. The summed E-state index contributed by atoms with van der Waals surface area (Å²) in [5, 5.41) is 4.81. The molecular formula is C21H18FN3O4S. The zero-order chi connectivity index (χ0) is 21.7. The summed E-state index contributed by atoms with van der Waals surface area (Å²) in [5.41, 5.74) is 1.44. The van der Waals surface area contributed by atoms with Crippen molar-refractivity contribution in [1.29, 1.82) is 0 Å². The molecule has 1 fully saturated rings. The molecule has 0 radical (unpaired) electrons. The van der Waals surface area contributed by atoms with Crippen molar-refractivity contribution in [3.8, 4) is 0 Å². The maximum atomic E-state index is 13.0. The number of imide groups is 1. The second kappa shape index (κ2) is 9.36. The molecule has 7 nitrogen and oxygen atoms in total. The molecule has 4 amide bonds. The Bertz CT molecular complexity index is 1040. The highest BCUT2D eigenvalue weighted by atomic mass is 32.2. The Morgan fingerprint density at radius 3 is 2.57 bits per heavy atom. The van der Waals surface area contributed by atoms with Gasteiger partial charge in [-0.1, -0.05) is 18.2 Å². The Hall–Kier alpha value is -3.46. The first-order chi connectivity index (χ1) is 14.3. The second-order valence-corrected chi connectivity index (χ2v) is 7.40. The van der Waals surface area contributed by atoms with Crippen molar-refractivity contribution >= 4 is 46.5 Å². The average Bonchev–Trinajstić information content (AvgIpc) is 2.96. The summed E-state index contributed by atoms with van der Waals surface area (Å²) in [4.78, 5) is 49.3. The summed E-state index contributed by atoms with van der Waals surface area (Å²) < 4.78 is 13.0. The highest BCUT2D eigenvalue weighted by Crippen LogP contribution is 2.31. The van der Waals surface area contributed by atoms with E-state index in [4.69, 9.17) is 0 Å². The monoisotopic (exact) mass is 427 g/mol. The van der Waals surface area contributed by atoms with Crippen LogP contribution in [0.25, 0.3) is 6.08 Å². The molecule has 0 unspecified atom stereocenters. The highest BCUT2D eigenvalue weighted by molar-refractivity contribution is 8.18. The molecule has 2 aromatic carbocycles. The van der Waals surface area contributed by atoms with Crippen molar-refractivity contribution in [3.05, 3.63) is 70.4 Å². The van der Waals surface area contributed by atoms with Gasteiger partial charge < -0.3 is 10.6 Å². The lowest BCUT2D eigenvalue weighted by atomic mass is 10.2. The number of nitrogens with one attached hydrogen (secondary N) is 2. The van der Waals surface area contributed by atoms with Gasteiger partial charge in [0.25, 0.3) is 17.1 Å². The topological polar surface area (TPSA) is 95.6 Å². The average molecular weight is 427 g/mol. The van der Waals surface area contributed by atoms with Crippen LogP contribution in [0.2, 0.25) is 0 Å². The van der Waals surface area contributed by atoms with E-state index in [1.54, 1.807) is 18.2 Å². The van der Waals surface area contributed by atoms with E-state index < -0.39 is 22.9 Å². The molecule has 1 aliphatic rings. The van der Waals surface area contributed by atoms with Crippen LogP contribution < -0.4 is 10.6 Å². The van der Waals surface area contributed by atoms with Gasteiger partial charge in [-0.2, -0.15) is 0 Å². The van der Waals surface area contributed by atoms with E-state index in [1.165, 1.54) is 43.3 Å². The van der Waals surface area contributed by atoms with Gasteiger partial charge in [0.15, 0.2) is 0 Å². The standard InChI is InChI=1S/C21H18FN3O4S/c1-13(26)24-17-4-2-3-15(12-17)19(27)23-9-10-25-20(28)18(30-21(25)29)11-14-5-7-16(22)8-6-14/h2-8,11-12H,9-10H2,1H3,(H,23,27)(H,24,26). The van der Waals surface area contributed by atoms with Gasteiger partial charge >= 0.3 is 0 Å². The summed E-state index contributed by atoms with van der Waals surface area (Å²) in [5.74, 6) is -1.49. The molecular weight excluding hydrogens is 409 g/mol. The first-order valence-electron chi connectivity index (χ1n) is 9.00. The fraction of sp³-hybridized carbons (Fsp3) is 0.143. The van der Waals surface area contributed by atoms with Crippen molar-refractivity contribution in [2.75, 3.05) is 18.4 Å². The van der Waals surface area contributed by atoms with Crippen LogP contribution in [0.15, 0.2) is 53.4 Å². The zero-order valence-corrected chi connectivity index (χ0v) is 16.8. The Labute approximate surface area is 176 Å². The maximum absolute atomic E-state index is 13.0. The first kappa shape index (κ1) is 21.3. The molecule has 0 aromatic heterocycles. The van der Waals surface area contributed by atoms with Crippen LogP contribution in [-0.4, -0.2) is 41.0 Å². The predicted molar refractivity (Wildman–Crippen MR) is 112 cm³/mol. The molecule has 0 spiro atoms. The van der Waals surface area contributed by atoms with E-state index in [-0.39, 0.29) is 23.9 Å². The number of nitrogens with zero attached hydrogens (tertiary/aromatic N) is 1. The Morgan fingerprint density at radius 2 is 1.87 bits per heavy atom. The van der Waals surface area contributed by atoms with Gasteiger partial charge in [-0.25, -0.2) is 4.39 Å². The number of rotatable bonds is 6. The lowest BCUT2D eigenvalue weighted by Crippen LogP contribution is -2.37. The number of hydrogen-bond donors (Lipinski definition) is 2. The molecule has 0 atom stereocenters. The largest absolute Gasteiger partial charge is 0.350 e. The van der Waals surface area contributed by atoms with Gasteiger partial charge in [-0.05, 0) is 53.7 Å². The first-order valence-corrected chi connectivity index (χ1v) is 9.82. The summed E-state index contributed by atoms with van der Waals surface area (Å²) in [6, 6.07) is 12.0. The highest BCUT2D eigenvalue weighted by Gasteiger charge is 2.34. The molecule has 0 saturated carbocycles. The molecule has 2 N–H and O–H groups in total. The van der Waals surface area contributed by atoms with Crippen LogP contribution in [0.4, 0.5) is 14.9 Å². The van der Waals surface area contributed by atoms with Crippen molar-refractivity contribution < 1.29 is 23.6 Å². The maximum Gasteiger partial charge on any atom is 0.293 e. The molecule has 2 aromatic rings. The van der Waals surface area contributed by atoms with Gasteiger partial charge in [0, 0.05) is 31.3 Å². The fourth-order valence-corrected chi connectivity index (χ4v) is 3.59. The second-order valence-electron chi connectivity index (χ2n) is 6.40. The minimum absolute atomic E-state index is 0.0164. The van der Waals surface area contributed by atoms with E-state index in [0.29, 0.717) is 16.8 Å². The Balaban J connectivity index is 1.57. The summed E-state index contributed by atoms with van der Waals surface area (Å²) in [6.07, 6.45) is 1.52. The predicted octanol–water partition coefficient (Wildman–Crippen LogP) is 3.25. The minimum atomic E-state index is -0.462. The van der Waals surface area contributed by atoms with E-state index in [9.17, 15) is 23.6 Å². The summed E-state index contributed by atoms with van der Waals surface area (Å²) in [6.45, 7) is 1.46. The van der Waals surface area contributed by atoms with Crippen LogP contribution in [0.1, 0.15) is 22.8 Å². The van der Waals surface area contributed by atoms with Crippen LogP contribution in [-0.2, 0) is 9.59 Å². The van der Waals surface area contributed by atoms with Crippen LogP contribution in [0.3, 0.4) is 0 Å². The van der Waals surface area contributed by atoms with Gasteiger partial charge in [0.1, 0.15) is 5.82 Å². The van der Waals surface area contributed by atoms with E-state index >= 15 is 0 Å². The number of amides is 4. The lowest BCUT2D eigenvalue weighted by molar-refractivity contribution is -0.122. The van der Waals surface area contributed by atoms with Crippen molar-refractivity contribution in [2.45, 2.75) is 6.92 Å². The molecule has 154 valence electrons. The molecule has 3 rings (SSSR count). The van der Waals surface area contributed by atoms with Gasteiger partial charge in [-0.15, -0.1) is 0 Å². The lowest BCUT2D eigenvalue weighted by Gasteiger charge is -2.13. The molecule has 30 heavy (non-hydrogen) atoms. The van der Waals surface area contributed by atoms with E-state index in [1.807, 2.05) is 0 Å². The van der Waals surface area contributed by atoms with Gasteiger partial charge in [0.05, 0.1) is 4.91 Å². The van der Waals surface area contributed by atoms with Crippen molar-refractivity contribution in [1.82, 2.24) is 10.2 Å². The Kier molecular flexibility index (Phi) is 6.63. The number of carbonyl (C=O) groups excluding carboxylic acids is 4. The molecule has 9 heteroatoms. The number of halogens is 1. The third-order valence-corrected chi connectivity index (χ3v) is 5.01. The van der Waals surface area contributed by atoms with Crippen LogP contribution in [0, 0.1) is 5.82 Å². The molecule has 0 aliphatic carbocycles. The summed E-state index contributed by atoms with van der Waals surface area (Å²) in [7, 11) is 0. The quantitative estimate of drug-likeness (QED) is 0.690. The number of anilines is 1. The fourth-order valence-electron chi connectivity index (χ4n) is 2.73. The molecule has 1 saturated heterocycles. The Morgan fingerprint density at radius 1 is 1.13 bits per heavy atom. The van der Waals surface area contributed by atoms with Gasteiger partial charge in [-0.3, -0.25) is 24.1 Å². The van der Waals surface area contributed by atoms with Crippen LogP contribution >= 0.6 is 11.8 Å². The van der Waals surface area contributed by atoms with Crippen molar-refractivity contribution in [3.63, 3.8) is 0 Å². The SMILES string of the molecule is CC(=O)Nc1cccc(C(=O)NCCN2C(=O)SC(=Cc3ccc(F)cc3)C2=O)c1. The van der Waals surface area contributed by atoms with Crippen molar-refractivity contribution in [2.24, 2.45) is 0 Å². The molecule has 1 heterocycles. The minimum Gasteiger partial charge on any atom is -0.350 e. The number of hydrogen-bond acceptors (Lipinski definition) is 5. The molecule has 0 bridgehead atoms. The van der Waals surface area contributed by atoms with Crippen LogP contribution in [0.5, 0.6) is 0 Å². The summed E-state index contributed by atoms with van der Waals surface area (Å²) >= 11 is 0.796. The zero-order valence-electron chi connectivity index (χ0n) is 16.0. The third-order valence-electron chi connectivity index (χ3n) is 4.11. The van der Waals surface area contributed by atoms with Gasteiger partial charge in [0.2, 0.25) is 5.91 Å². The van der Waals surface area contributed by atoms with E-state index in [0.717, 1.165) is 16.7 Å².